The lowest BCUT2D eigenvalue weighted by Gasteiger charge is -2.28. The van der Waals surface area contributed by atoms with Crippen molar-refractivity contribution in [2.75, 3.05) is 18.6 Å². The molecule has 0 aromatic heterocycles. The second-order valence-electron chi connectivity index (χ2n) is 5.95. The van der Waals surface area contributed by atoms with Crippen LogP contribution >= 0.6 is 0 Å². The molecule has 1 aliphatic rings. The van der Waals surface area contributed by atoms with Crippen LogP contribution in [0.3, 0.4) is 0 Å². The number of nitrogens with one attached hydrogen (secondary N) is 1. The molecular formula is C15H22N2O2. The molecule has 1 amide bonds. The molecule has 1 heterocycles. The second kappa shape index (κ2) is 5.21. The molecule has 1 aromatic carbocycles. The Morgan fingerprint density at radius 3 is 2.79 bits per heavy atom. The molecule has 0 fully saturated rings. The largest absolute Gasteiger partial charge is 0.478 e. The van der Waals surface area contributed by atoms with Crippen molar-refractivity contribution >= 4 is 11.6 Å². The first-order chi connectivity index (χ1) is 8.90. The molecule has 0 bridgehead atoms. The van der Waals surface area contributed by atoms with Gasteiger partial charge in [-0.2, -0.15) is 0 Å². The molecule has 0 unspecified atom stereocenters. The van der Waals surface area contributed by atoms with Crippen LogP contribution in [-0.4, -0.2) is 24.1 Å². The highest BCUT2D eigenvalue weighted by atomic mass is 16.5. The van der Waals surface area contributed by atoms with Gasteiger partial charge < -0.3 is 10.1 Å². The second-order valence-corrected chi connectivity index (χ2v) is 5.95. The molecule has 104 valence electrons. The van der Waals surface area contributed by atoms with E-state index in [0.29, 0.717) is 6.73 Å². The predicted molar refractivity (Wildman–Crippen MR) is 76.1 cm³/mol. The molecule has 0 radical (unpaired) electrons. The Morgan fingerprint density at radius 2 is 2.16 bits per heavy atom. The van der Waals surface area contributed by atoms with Gasteiger partial charge in [-0.1, -0.05) is 27.7 Å². The van der Waals surface area contributed by atoms with Crippen LogP contribution in [0.15, 0.2) is 18.2 Å². The van der Waals surface area contributed by atoms with Crippen molar-refractivity contribution in [1.82, 2.24) is 4.90 Å². The fourth-order valence-electron chi connectivity index (χ4n) is 1.89. The minimum absolute atomic E-state index is 0.0246. The molecule has 4 nitrogen and oxygen atoms in total. The van der Waals surface area contributed by atoms with Gasteiger partial charge in [-0.3, -0.25) is 9.69 Å². The van der Waals surface area contributed by atoms with Gasteiger partial charge in [-0.25, -0.2) is 0 Å². The number of carbonyl (C=O) groups is 1. The molecular weight excluding hydrogens is 240 g/mol. The van der Waals surface area contributed by atoms with Crippen LogP contribution in [0.4, 0.5) is 5.69 Å². The Kier molecular flexibility index (Phi) is 3.80. The number of anilines is 1. The number of benzene rings is 1. The Hall–Kier alpha value is -1.55. The first-order valence-corrected chi connectivity index (χ1v) is 6.69. The van der Waals surface area contributed by atoms with Crippen LogP contribution in [0.1, 0.15) is 33.3 Å². The third kappa shape index (κ3) is 3.26. The van der Waals surface area contributed by atoms with Crippen LogP contribution in [0.5, 0.6) is 5.75 Å². The third-order valence-electron chi connectivity index (χ3n) is 3.24. The molecule has 0 spiro atoms. The smallest absolute Gasteiger partial charge is 0.229 e. The Bertz CT molecular complexity index is 478. The van der Waals surface area contributed by atoms with Crippen LogP contribution < -0.4 is 10.1 Å². The number of nitrogens with zero attached hydrogens (tertiary/aromatic N) is 1. The molecule has 0 atom stereocenters. The van der Waals surface area contributed by atoms with Gasteiger partial charge in [0, 0.05) is 23.2 Å². The van der Waals surface area contributed by atoms with Gasteiger partial charge in [0.1, 0.15) is 12.5 Å². The van der Waals surface area contributed by atoms with E-state index < -0.39 is 0 Å². The quantitative estimate of drug-likeness (QED) is 0.891. The lowest BCUT2D eigenvalue weighted by molar-refractivity contribution is -0.123. The number of hydrogen-bond donors (Lipinski definition) is 1. The number of amides is 1. The Morgan fingerprint density at radius 1 is 1.42 bits per heavy atom. The zero-order chi connectivity index (χ0) is 14.0. The minimum atomic E-state index is -0.387. The van der Waals surface area contributed by atoms with Crippen molar-refractivity contribution in [3.05, 3.63) is 23.8 Å². The van der Waals surface area contributed by atoms with E-state index in [0.717, 1.165) is 30.1 Å². The van der Waals surface area contributed by atoms with E-state index in [1.807, 2.05) is 39.0 Å². The number of carbonyl (C=O) groups excluding carboxylic acids is 1. The van der Waals surface area contributed by atoms with E-state index in [1.54, 1.807) is 0 Å². The summed E-state index contributed by atoms with van der Waals surface area (Å²) in [6, 6.07) is 5.82. The van der Waals surface area contributed by atoms with E-state index in [4.69, 9.17) is 4.74 Å². The van der Waals surface area contributed by atoms with Gasteiger partial charge in [0.2, 0.25) is 5.91 Å². The van der Waals surface area contributed by atoms with Crippen LogP contribution in [0.2, 0.25) is 0 Å². The monoisotopic (exact) mass is 262 g/mol. The number of fused-ring (bicyclic) bond motifs is 1. The summed E-state index contributed by atoms with van der Waals surface area (Å²) in [6.07, 6.45) is 0. The standard InChI is InChI=1S/C15H22N2O2/c1-5-17-9-11-8-12(6-7-13(11)19-10-17)16-14(18)15(2,3)4/h6-8H,5,9-10H2,1-4H3,(H,16,18). The molecule has 1 N–H and O–H groups in total. The first-order valence-electron chi connectivity index (χ1n) is 6.69. The lowest BCUT2D eigenvalue weighted by Crippen LogP contribution is -2.32. The van der Waals surface area contributed by atoms with E-state index in [1.165, 1.54) is 0 Å². The van der Waals surface area contributed by atoms with E-state index in [2.05, 4.69) is 17.1 Å². The predicted octanol–water partition coefficient (Wildman–Crippen LogP) is 2.84. The maximum Gasteiger partial charge on any atom is 0.229 e. The summed E-state index contributed by atoms with van der Waals surface area (Å²) in [6.45, 7) is 10.3. The average Bonchev–Trinajstić information content (AvgIpc) is 2.36. The lowest BCUT2D eigenvalue weighted by atomic mass is 9.95. The summed E-state index contributed by atoms with van der Waals surface area (Å²) in [5, 5.41) is 2.95. The normalized spacial score (nSPS) is 15.6. The average molecular weight is 262 g/mol. The number of rotatable bonds is 2. The zero-order valence-corrected chi connectivity index (χ0v) is 12.1. The first kappa shape index (κ1) is 13.9. The summed E-state index contributed by atoms with van der Waals surface area (Å²) < 4.78 is 5.67. The molecule has 2 rings (SSSR count). The van der Waals surface area contributed by atoms with E-state index in [-0.39, 0.29) is 11.3 Å². The maximum absolute atomic E-state index is 12.0. The highest BCUT2D eigenvalue weighted by Crippen LogP contribution is 2.28. The Labute approximate surface area is 114 Å². The highest BCUT2D eigenvalue weighted by molar-refractivity contribution is 5.94. The Balaban J connectivity index is 2.15. The number of ether oxygens (including phenoxy) is 1. The van der Waals surface area contributed by atoms with Gasteiger partial charge >= 0.3 is 0 Å². The molecule has 0 saturated heterocycles. The van der Waals surface area contributed by atoms with Gasteiger partial charge in [-0.05, 0) is 24.7 Å². The molecule has 0 aliphatic carbocycles. The SMILES string of the molecule is CCN1COc2ccc(NC(=O)C(C)(C)C)cc2C1. The molecule has 4 heteroatoms. The topological polar surface area (TPSA) is 41.6 Å². The molecule has 1 aliphatic heterocycles. The summed E-state index contributed by atoms with van der Waals surface area (Å²) in [4.78, 5) is 14.2. The van der Waals surface area contributed by atoms with Crippen molar-refractivity contribution < 1.29 is 9.53 Å². The fourth-order valence-corrected chi connectivity index (χ4v) is 1.89. The van der Waals surface area contributed by atoms with Crippen LogP contribution in [0, 0.1) is 5.41 Å². The number of hydrogen-bond acceptors (Lipinski definition) is 3. The highest BCUT2D eigenvalue weighted by Gasteiger charge is 2.22. The maximum atomic E-state index is 12.0. The molecule has 19 heavy (non-hydrogen) atoms. The summed E-state index contributed by atoms with van der Waals surface area (Å²) in [7, 11) is 0. The van der Waals surface area contributed by atoms with Gasteiger partial charge in [-0.15, -0.1) is 0 Å². The van der Waals surface area contributed by atoms with Crippen LogP contribution in [-0.2, 0) is 11.3 Å². The van der Waals surface area contributed by atoms with Crippen molar-refractivity contribution in [3.8, 4) is 5.75 Å². The molecule has 0 saturated carbocycles. The van der Waals surface area contributed by atoms with E-state index >= 15 is 0 Å². The zero-order valence-electron chi connectivity index (χ0n) is 12.1. The van der Waals surface area contributed by atoms with Crippen molar-refractivity contribution in [3.63, 3.8) is 0 Å². The van der Waals surface area contributed by atoms with Gasteiger partial charge in [0.15, 0.2) is 0 Å². The summed E-state index contributed by atoms with van der Waals surface area (Å²) >= 11 is 0. The van der Waals surface area contributed by atoms with Crippen molar-refractivity contribution in [2.45, 2.75) is 34.2 Å². The third-order valence-corrected chi connectivity index (χ3v) is 3.24. The summed E-state index contributed by atoms with van der Waals surface area (Å²) in [5.41, 5.74) is 1.57. The molecule has 1 aromatic rings. The van der Waals surface area contributed by atoms with Crippen molar-refractivity contribution in [2.24, 2.45) is 5.41 Å². The van der Waals surface area contributed by atoms with Gasteiger partial charge in [0.25, 0.3) is 0 Å². The van der Waals surface area contributed by atoms with Crippen LogP contribution in [0.25, 0.3) is 0 Å². The van der Waals surface area contributed by atoms with Gasteiger partial charge in [0.05, 0.1) is 0 Å². The van der Waals surface area contributed by atoms with Crippen molar-refractivity contribution in [1.29, 1.82) is 0 Å². The summed E-state index contributed by atoms with van der Waals surface area (Å²) in [5.74, 6) is 0.940. The van der Waals surface area contributed by atoms with E-state index in [9.17, 15) is 4.79 Å². The minimum Gasteiger partial charge on any atom is -0.478 e. The fraction of sp³-hybridized carbons (Fsp3) is 0.533.